The molecule has 1 unspecified atom stereocenters. The number of hydrogen-bond acceptors (Lipinski definition) is 4. The molecule has 1 atom stereocenters. The molecule has 0 aromatic rings. The molecule has 0 heterocycles. The number of carboxylic acids is 1. The predicted octanol–water partition coefficient (Wildman–Crippen LogP) is 9.75. The second kappa shape index (κ2) is 30.0. The molecule has 0 aliphatic rings. The largest absolute Gasteiger partial charge is 0.480 e. The number of amides is 2. The van der Waals surface area contributed by atoms with Crippen LogP contribution < -0.4 is 0 Å². The number of rotatable bonds is 31. The first kappa shape index (κ1) is 39.6. The molecule has 0 rings (SSSR count). The summed E-state index contributed by atoms with van der Waals surface area (Å²) in [6.07, 6.45) is 31.5. The van der Waals surface area contributed by atoms with Crippen molar-refractivity contribution in [2.75, 3.05) is 6.61 Å². The van der Waals surface area contributed by atoms with Crippen LogP contribution in [0, 0.1) is 0 Å². The topological polar surface area (TPSA) is 94.9 Å². The van der Waals surface area contributed by atoms with Crippen LogP contribution >= 0.6 is 0 Å². The van der Waals surface area contributed by atoms with Crippen LogP contribution in [0.1, 0.15) is 194 Å². The van der Waals surface area contributed by atoms with Crippen molar-refractivity contribution in [1.29, 1.82) is 0 Å². The summed E-state index contributed by atoms with van der Waals surface area (Å²) >= 11 is 0. The Hall–Kier alpha value is -1.43. The Balaban J connectivity index is 4.09. The molecule has 2 N–H and O–H groups in total. The van der Waals surface area contributed by atoms with Crippen LogP contribution in [0.3, 0.4) is 0 Å². The van der Waals surface area contributed by atoms with Crippen LogP contribution in [-0.4, -0.2) is 45.5 Å². The number of carboxylic acid groups (broad SMARTS) is 1. The summed E-state index contributed by atoms with van der Waals surface area (Å²) in [6, 6.07) is -1.49. The van der Waals surface area contributed by atoms with Gasteiger partial charge in [0.25, 0.3) is 0 Å². The van der Waals surface area contributed by atoms with E-state index < -0.39 is 30.4 Å². The number of aliphatic hydroxyl groups excluding tert-OH is 1. The quantitative estimate of drug-likeness (QED) is 0.0795. The van der Waals surface area contributed by atoms with Crippen LogP contribution in [-0.2, 0) is 14.4 Å². The molecule has 0 aliphatic carbocycles. The highest BCUT2D eigenvalue weighted by atomic mass is 16.4. The number of aliphatic carboxylic acids is 1. The molecule has 2 amide bonds. The van der Waals surface area contributed by atoms with E-state index in [9.17, 15) is 24.6 Å². The molecule has 0 aromatic heterocycles. The Kier molecular flexibility index (Phi) is 29.0. The molecule has 242 valence electrons. The SMILES string of the molecule is CCCCCCCCCCCCCCCC(=O)N(C(=O)CCCCCCCCCCCCCCC)C(CO)C(=O)O. The number of imide groups is 1. The maximum absolute atomic E-state index is 12.9. The van der Waals surface area contributed by atoms with Crippen LogP contribution in [0.4, 0.5) is 0 Å². The van der Waals surface area contributed by atoms with Crippen molar-refractivity contribution in [3.05, 3.63) is 0 Å². The van der Waals surface area contributed by atoms with Crippen molar-refractivity contribution in [2.24, 2.45) is 0 Å². The molecule has 6 heteroatoms. The molecular formula is C35H67NO5. The average Bonchev–Trinajstić information content (AvgIpc) is 2.96. The van der Waals surface area contributed by atoms with E-state index in [4.69, 9.17) is 0 Å². The smallest absolute Gasteiger partial charge is 0.329 e. The first-order chi connectivity index (χ1) is 20.0. The van der Waals surface area contributed by atoms with Gasteiger partial charge in [0.05, 0.1) is 6.61 Å². The Morgan fingerprint density at radius 3 is 0.927 bits per heavy atom. The molecule has 0 aliphatic heterocycles. The summed E-state index contributed by atoms with van der Waals surface area (Å²) in [5.74, 6) is -2.26. The zero-order valence-electron chi connectivity index (χ0n) is 27.1. The van der Waals surface area contributed by atoms with Gasteiger partial charge in [-0.25, -0.2) is 4.79 Å². The summed E-state index contributed by atoms with van der Waals surface area (Å²) in [5.41, 5.74) is 0. The van der Waals surface area contributed by atoms with Gasteiger partial charge in [0.15, 0.2) is 6.04 Å². The van der Waals surface area contributed by atoms with Gasteiger partial charge in [-0.15, -0.1) is 0 Å². The first-order valence-electron chi connectivity index (χ1n) is 17.7. The Morgan fingerprint density at radius 2 is 0.707 bits per heavy atom. The highest BCUT2D eigenvalue weighted by molar-refractivity contribution is 5.99. The first-order valence-corrected chi connectivity index (χ1v) is 17.7. The third-order valence-electron chi connectivity index (χ3n) is 8.30. The number of aliphatic hydroxyl groups is 1. The Labute approximate surface area is 253 Å². The zero-order chi connectivity index (χ0) is 30.4. The molecule has 0 spiro atoms. The van der Waals surface area contributed by atoms with Crippen molar-refractivity contribution >= 4 is 17.8 Å². The van der Waals surface area contributed by atoms with Gasteiger partial charge in [-0.05, 0) is 12.8 Å². The number of carbonyl (C=O) groups is 3. The summed E-state index contributed by atoms with van der Waals surface area (Å²) < 4.78 is 0. The van der Waals surface area contributed by atoms with Gasteiger partial charge in [-0.1, -0.05) is 168 Å². The minimum absolute atomic E-state index is 0.159. The second-order valence-electron chi connectivity index (χ2n) is 12.2. The van der Waals surface area contributed by atoms with Gasteiger partial charge < -0.3 is 10.2 Å². The summed E-state index contributed by atoms with van der Waals surface area (Å²) in [5, 5.41) is 19.1. The van der Waals surface area contributed by atoms with Crippen LogP contribution in [0.25, 0.3) is 0 Å². The molecule has 0 aromatic carbocycles. The van der Waals surface area contributed by atoms with Gasteiger partial charge >= 0.3 is 5.97 Å². The van der Waals surface area contributed by atoms with Gasteiger partial charge in [-0.3, -0.25) is 14.5 Å². The van der Waals surface area contributed by atoms with Gasteiger partial charge in [0, 0.05) is 12.8 Å². The third-order valence-corrected chi connectivity index (χ3v) is 8.30. The number of nitrogens with zero attached hydrogens (tertiary/aromatic N) is 1. The maximum Gasteiger partial charge on any atom is 0.329 e. The minimum Gasteiger partial charge on any atom is -0.480 e. The van der Waals surface area contributed by atoms with E-state index in [1.165, 1.54) is 116 Å². The fraction of sp³-hybridized carbons (Fsp3) is 0.914. The lowest BCUT2D eigenvalue weighted by molar-refractivity contribution is -0.160. The molecule has 6 nitrogen and oxygen atoms in total. The fourth-order valence-corrected chi connectivity index (χ4v) is 5.59. The number of carbonyl (C=O) groups excluding carboxylic acids is 2. The van der Waals surface area contributed by atoms with E-state index in [-0.39, 0.29) is 12.8 Å². The van der Waals surface area contributed by atoms with E-state index in [0.29, 0.717) is 12.8 Å². The van der Waals surface area contributed by atoms with E-state index in [1.54, 1.807) is 0 Å². The number of unbranched alkanes of at least 4 members (excludes halogenated alkanes) is 24. The van der Waals surface area contributed by atoms with Crippen molar-refractivity contribution in [3.63, 3.8) is 0 Å². The molecule has 0 saturated heterocycles. The molecule has 0 fully saturated rings. The molecule has 0 bridgehead atoms. The minimum atomic E-state index is -1.49. The lowest BCUT2D eigenvalue weighted by Crippen LogP contribution is -2.50. The maximum atomic E-state index is 12.9. The summed E-state index contributed by atoms with van der Waals surface area (Å²) in [6.45, 7) is 3.74. The van der Waals surface area contributed by atoms with Crippen LogP contribution in [0.15, 0.2) is 0 Å². The second-order valence-corrected chi connectivity index (χ2v) is 12.2. The van der Waals surface area contributed by atoms with E-state index in [2.05, 4.69) is 13.8 Å². The van der Waals surface area contributed by atoms with Crippen molar-refractivity contribution in [1.82, 2.24) is 4.90 Å². The van der Waals surface area contributed by atoms with Crippen LogP contribution in [0.5, 0.6) is 0 Å². The molecular weight excluding hydrogens is 514 g/mol. The van der Waals surface area contributed by atoms with Gasteiger partial charge in [0.1, 0.15) is 0 Å². The predicted molar refractivity (Wildman–Crippen MR) is 171 cm³/mol. The Morgan fingerprint density at radius 1 is 0.463 bits per heavy atom. The van der Waals surface area contributed by atoms with E-state index in [1.807, 2.05) is 0 Å². The van der Waals surface area contributed by atoms with E-state index in [0.717, 1.165) is 43.4 Å². The van der Waals surface area contributed by atoms with Crippen molar-refractivity contribution in [3.8, 4) is 0 Å². The summed E-state index contributed by atoms with van der Waals surface area (Å²) in [7, 11) is 0. The average molecular weight is 582 g/mol. The lowest BCUT2D eigenvalue weighted by Gasteiger charge is -2.26. The highest BCUT2D eigenvalue weighted by Crippen LogP contribution is 2.17. The summed E-state index contributed by atoms with van der Waals surface area (Å²) in [4.78, 5) is 38.2. The van der Waals surface area contributed by atoms with Gasteiger partial charge in [-0.2, -0.15) is 0 Å². The molecule has 0 saturated carbocycles. The van der Waals surface area contributed by atoms with Gasteiger partial charge in [0.2, 0.25) is 11.8 Å². The molecule has 0 radical (unpaired) electrons. The standard InChI is InChI=1S/C35H67NO5/c1-3-5-7-9-11-13-15-17-19-21-23-25-27-29-33(38)36(32(31-37)35(40)41)34(39)30-28-26-24-22-20-18-16-14-12-10-8-6-4-2/h32,37H,3-31H2,1-2H3,(H,40,41). The lowest BCUT2D eigenvalue weighted by atomic mass is 10.0. The van der Waals surface area contributed by atoms with Crippen LogP contribution in [0.2, 0.25) is 0 Å². The number of hydrogen-bond donors (Lipinski definition) is 2. The monoisotopic (exact) mass is 582 g/mol. The highest BCUT2D eigenvalue weighted by Gasteiger charge is 2.33. The van der Waals surface area contributed by atoms with Crippen molar-refractivity contribution in [2.45, 2.75) is 200 Å². The van der Waals surface area contributed by atoms with E-state index >= 15 is 0 Å². The van der Waals surface area contributed by atoms with Crippen molar-refractivity contribution < 1.29 is 24.6 Å². The molecule has 41 heavy (non-hydrogen) atoms. The third kappa shape index (κ3) is 23.8. The normalized spacial score (nSPS) is 12.0. The Bertz CT molecular complexity index is 582. The fourth-order valence-electron chi connectivity index (χ4n) is 5.59. The zero-order valence-corrected chi connectivity index (χ0v) is 27.1.